The fourth-order valence-electron chi connectivity index (χ4n) is 4.67. The molecule has 2 aliphatic heterocycles. The van der Waals surface area contributed by atoms with Crippen molar-refractivity contribution < 1.29 is 9.18 Å². The lowest BCUT2D eigenvalue weighted by atomic mass is 9.91. The third-order valence-corrected chi connectivity index (χ3v) is 7.46. The van der Waals surface area contributed by atoms with E-state index in [1.165, 1.54) is 25.3 Å². The normalized spacial score (nSPS) is 20.2. The predicted molar refractivity (Wildman–Crippen MR) is 121 cm³/mol. The van der Waals surface area contributed by atoms with Crippen LogP contribution in [0, 0.1) is 5.82 Å². The van der Waals surface area contributed by atoms with Crippen LogP contribution < -0.4 is 4.90 Å². The standard InChI is InChI=1S/C23H27BrFN5O/c24-19-14-16(4-5-20(19)25)22(31)29-8-6-17-15-26-23(27-21(17)7-9-29)30-12-10-28(11-13-30)18-2-1-3-18/h4-5,14-15,18H,1-3,6-13H2. The van der Waals surface area contributed by atoms with E-state index in [2.05, 4.69) is 30.7 Å². The molecule has 1 aromatic heterocycles. The molecular weight excluding hydrogens is 461 g/mol. The van der Waals surface area contributed by atoms with Crippen LogP contribution in [0.1, 0.15) is 40.9 Å². The molecule has 3 aliphatic rings. The molecule has 6 nitrogen and oxygen atoms in total. The molecule has 1 saturated carbocycles. The first-order chi connectivity index (χ1) is 15.1. The molecule has 2 aromatic rings. The number of hydrogen-bond donors (Lipinski definition) is 0. The third-order valence-electron chi connectivity index (χ3n) is 6.85. The molecule has 1 aliphatic carbocycles. The Morgan fingerprint density at radius 3 is 2.55 bits per heavy atom. The second kappa shape index (κ2) is 8.82. The minimum Gasteiger partial charge on any atom is -0.338 e. The number of piperazine rings is 1. The average Bonchev–Trinajstić information content (AvgIpc) is 2.97. The average molecular weight is 488 g/mol. The van der Waals surface area contributed by atoms with E-state index in [4.69, 9.17) is 4.98 Å². The fourth-order valence-corrected chi connectivity index (χ4v) is 5.05. The SMILES string of the molecule is O=C(c1ccc(F)c(Br)c1)N1CCc2cnc(N3CCN(C4CCC4)CC3)nc2CC1. The van der Waals surface area contributed by atoms with Crippen molar-refractivity contribution in [3.63, 3.8) is 0 Å². The summed E-state index contributed by atoms with van der Waals surface area (Å²) in [5.74, 6) is 0.374. The highest BCUT2D eigenvalue weighted by Crippen LogP contribution is 2.26. The third kappa shape index (κ3) is 4.32. The van der Waals surface area contributed by atoms with E-state index < -0.39 is 0 Å². The lowest BCUT2D eigenvalue weighted by Crippen LogP contribution is -2.52. The number of rotatable bonds is 3. The quantitative estimate of drug-likeness (QED) is 0.664. The molecule has 2 fully saturated rings. The summed E-state index contributed by atoms with van der Waals surface area (Å²) in [5, 5.41) is 0. The van der Waals surface area contributed by atoms with Gasteiger partial charge in [-0.3, -0.25) is 9.69 Å². The van der Waals surface area contributed by atoms with Gasteiger partial charge in [-0.25, -0.2) is 14.4 Å². The maximum absolute atomic E-state index is 13.5. The highest BCUT2D eigenvalue weighted by atomic mass is 79.9. The summed E-state index contributed by atoms with van der Waals surface area (Å²) in [4.78, 5) is 29.2. The number of halogens is 2. The second-order valence-corrected chi connectivity index (χ2v) is 9.53. The first kappa shape index (κ1) is 20.8. The van der Waals surface area contributed by atoms with Gasteiger partial charge in [0, 0.05) is 63.5 Å². The Hall–Kier alpha value is -2.06. The summed E-state index contributed by atoms with van der Waals surface area (Å²) in [6.07, 6.45) is 7.45. The maximum Gasteiger partial charge on any atom is 0.253 e. The Bertz CT molecular complexity index is 974. The molecule has 1 aromatic carbocycles. The molecule has 1 saturated heterocycles. The zero-order chi connectivity index (χ0) is 21.4. The van der Waals surface area contributed by atoms with Crippen molar-refractivity contribution in [2.75, 3.05) is 44.2 Å². The number of hydrogen-bond acceptors (Lipinski definition) is 5. The van der Waals surface area contributed by atoms with Crippen molar-refractivity contribution in [3.05, 3.63) is 51.5 Å². The number of aromatic nitrogens is 2. The number of amides is 1. The van der Waals surface area contributed by atoms with E-state index in [1.54, 1.807) is 12.1 Å². The van der Waals surface area contributed by atoms with Crippen LogP contribution in [0.15, 0.2) is 28.9 Å². The van der Waals surface area contributed by atoms with Crippen molar-refractivity contribution in [1.82, 2.24) is 19.8 Å². The Balaban J connectivity index is 1.24. The molecule has 0 spiro atoms. The van der Waals surface area contributed by atoms with Gasteiger partial charge in [-0.2, -0.15) is 0 Å². The van der Waals surface area contributed by atoms with Gasteiger partial charge in [0.1, 0.15) is 5.82 Å². The van der Waals surface area contributed by atoms with E-state index in [-0.39, 0.29) is 11.7 Å². The van der Waals surface area contributed by atoms with Crippen LogP contribution in [0.4, 0.5) is 10.3 Å². The van der Waals surface area contributed by atoms with E-state index in [0.29, 0.717) is 29.5 Å². The molecule has 3 heterocycles. The van der Waals surface area contributed by atoms with E-state index in [9.17, 15) is 9.18 Å². The first-order valence-electron chi connectivity index (χ1n) is 11.2. The lowest BCUT2D eigenvalue weighted by molar-refractivity contribution is 0.0763. The highest BCUT2D eigenvalue weighted by Gasteiger charge is 2.29. The van der Waals surface area contributed by atoms with Gasteiger partial charge in [0.15, 0.2) is 0 Å². The summed E-state index contributed by atoms with van der Waals surface area (Å²) in [5.41, 5.74) is 2.66. The molecule has 0 bridgehead atoms. The monoisotopic (exact) mass is 487 g/mol. The van der Waals surface area contributed by atoms with Crippen molar-refractivity contribution in [2.45, 2.75) is 38.1 Å². The van der Waals surface area contributed by atoms with Gasteiger partial charge in [0.2, 0.25) is 5.95 Å². The van der Waals surface area contributed by atoms with Gasteiger partial charge >= 0.3 is 0 Å². The van der Waals surface area contributed by atoms with Crippen LogP contribution in [-0.4, -0.2) is 71.0 Å². The summed E-state index contributed by atoms with van der Waals surface area (Å²) < 4.78 is 13.8. The van der Waals surface area contributed by atoms with Crippen molar-refractivity contribution in [1.29, 1.82) is 0 Å². The Kier molecular flexibility index (Phi) is 5.93. The van der Waals surface area contributed by atoms with Gasteiger partial charge in [0.25, 0.3) is 5.91 Å². The molecule has 0 N–H and O–H groups in total. The maximum atomic E-state index is 13.5. The van der Waals surface area contributed by atoms with Crippen LogP contribution >= 0.6 is 15.9 Å². The Labute approximate surface area is 190 Å². The van der Waals surface area contributed by atoms with Crippen LogP contribution in [0.25, 0.3) is 0 Å². The second-order valence-electron chi connectivity index (χ2n) is 8.67. The van der Waals surface area contributed by atoms with Crippen molar-refractivity contribution >= 4 is 27.8 Å². The van der Waals surface area contributed by atoms with Crippen LogP contribution in [-0.2, 0) is 12.8 Å². The molecule has 0 radical (unpaired) electrons. The molecular formula is C23H27BrFN5O. The van der Waals surface area contributed by atoms with Gasteiger partial charge in [-0.1, -0.05) is 6.42 Å². The zero-order valence-corrected chi connectivity index (χ0v) is 19.2. The molecule has 8 heteroatoms. The summed E-state index contributed by atoms with van der Waals surface area (Å²) in [6, 6.07) is 5.21. The first-order valence-corrected chi connectivity index (χ1v) is 12.0. The number of carbonyl (C=O) groups is 1. The van der Waals surface area contributed by atoms with Gasteiger partial charge in [-0.15, -0.1) is 0 Å². The Morgan fingerprint density at radius 1 is 1.06 bits per heavy atom. The number of carbonyl (C=O) groups excluding carboxylic acids is 1. The van der Waals surface area contributed by atoms with E-state index >= 15 is 0 Å². The zero-order valence-electron chi connectivity index (χ0n) is 17.6. The van der Waals surface area contributed by atoms with Crippen molar-refractivity contribution in [2.24, 2.45) is 0 Å². The number of anilines is 1. The summed E-state index contributed by atoms with van der Waals surface area (Å²) in [6.45, 7) is 5.33. The van der Waals surface area contributed by atoms with Gasteiger partial charge in [0.05, 0.1) is 10.2 Å². The fraction of sp³-hybridized carbons (Fsp3) is 0.522. The van der Waals surface area contributed by atoms with Gasteiger partial charge < -0.3 is 9.80 Å². The van der Waals surface area contributed by atoms with Crippen LogP contribution in [0.2, 0.25) is 0 Å². The van der Waals surface area contributed by atoms with Gasteiger partial charge in [-0.05, 0) is 59.0 Å². The Morgan fingerprint density at radius 2 is 1.84 bits per heavy atom. The minimum atomic E-state index is -0.365. The molecule has 164 valence electrons. The van der Waals surface area contributed by atoms with E-state index in [1.807, 2.05) is 11.1 Å². The minimum absolute atomic E-state index is 0.0752. The topological polar surface area (TPSA) is 52.6 Å². The van der Waals surface area contributed by atoms with E-state index in [0.717, 1.165) is 55.8 Å². The number of fused-ring (bicyclic) bond motifs is 1. The largest absolute Gasteiger partial charge is 0.338 e. The molecule has 0 unspecified atom stereocenters. The van der Waals surface area contributed by atoms with Crippen LogP contribution in [0.5, 0.6) is 0 Å². The van der Waals surface area contributed by atoms with Crippen LogP contribution in [0.3, 0.4) is 0 Å². The van der Waals surface area contributed by atoms with Crippen molar-refractivity contribution in [3.8, 4) is 0 Å². The summed E-state index contributed by atoms with van der Waals surface area (Å²) in [7, 11) is 0. The molecule has 0 atom stereocenters. The number of benzene rings is 1. The number of nitrogens with zero attached hydrogens (tertiary/aromatic N) is 5. The smallest absolute Gasteiger partial charge is 0.253 e. The highest BCUT2D eigenvalue weighted by molar-refractivity contribution is 9.10. The predicted octanol–water partition coefficient (Wildman–Crippen LogP) is 3.29. The molecule has 5 rings (SSSR count). The molecule has 1 amide bonds. The lowest BCUT2D eigenvalue weighted by Gasteiger charge is -2.43. The summed E-state index contributed by atoms with van der Waals surface area (Å²) >= 11 is 3.17. The molecule has 31 heavy (non-hydrogen) atoms.